The van der Waals surface area contributed by atoms with E-state index < -0.39 is 0 Å². The first kappa shape index (κ1) is 18.2. The third-order valence-electron chi connectivity index (χ3n) is 5.55. The molecule has 142 valence electrons. The van der Waals surface area contributed by atoms with Crippen LogP contribution in [0.3, 0.4) is 0 Å². The highest BCUT2D eigenvalue weighted by molar-refractivity contribution is 5.95. The average molecular weight is 366 g/mol. The van der Waals surface area contributed by atoms with Crippen molar-refractivity contribution in [2.75, 3.05) is 37.6 Å². The molecular weight excluding hydrogens is 340 g/mol. The van der Waals surface area contributed by atoms with Gasteiger partial charge in [0, 0.05) is 50.0 Å². The predicted molar refractivity (Wildman–Crippen MR) is 105 cm³/mol. The van der Waals surface area contributed by atoms with Gasteiger partial charge in [0.2, 0.25) is 0 Å². The first-order chi connectivity index (χ1) is 13.1. The number of aliphatic hydroxyl groups excluding tert-OH is 1. The van der Waals surface area contributed by atoms with E-state index in [9.17, 15) is 10.4 Å². The van der Waals surface area contributed by atoms with Crippen molar-refractivity contribution in [3.63, 3.8) is 0 Å². The quantitative estimate of drug-likeness (QED) is 0.897. The highest BCUT2D eigenvalue weighted by atomic mass is 16.5. The fourth-order valence-corrected chi connectivity index (χ4v) is 4.26. The van der Waals surface area contributed by atoms with E-state index in [4.69, 9.17) is 4.74 Å². The molecule has 4 rings (SSSR count). The zero-order valence-electron chi connectivity index (χ0n) is 15.7. The third-order valence-corrected chi connectivity index (χ3v) is 5.55. The van der Waals surface area contributed by atoms with Crippen molar-refractivity contribution >= 4 is 16.6 Å². The molecule has 2 fully saturated rings. The van der Waals surface area contributed by atoms with Crippen molar-refractivity contribution < 1.29 is 9.84 Å². The van der Waals surface area contributed by atoms with E-state index in [1.54, 1.807) is 6.20 Å². The van der Waals surface area contributed by atoms with Gasteiger partial charge < -0.3 is 19.6 Å². The molecule has 0 aliphatic carbocycles. The lowest BCUT2D eigenvalue weighted by Crippen LogP contribution is -2.52. The number of rotatable bonds is 3. The van der Waals surface area contributed by atoms with Gasteiger partial charge in [-0.1, -0.05) is 0 Å². The van der Waals surface area contributed by atoms with Crippen molar-refractivity contribution in [3.8, 4) is 6.07 Å². The highest BCUT2D eigenvalue weighted by Gasteiger charge is 2.29. The second kappa shape index (κ2) is 7.81. The van der Waals surface area contributed by atoms with Gasteiger partial charge in [-0.05, 0) is 44.0 Å². The predicted octanol–water partition coefficient (Wildman–Crippen LogP) is 2.16. The molecule has 1 N–H and O–H groups in total. The van der Waals surface area contributed by atoms with Gasteiger partial charge in [0.15, 0.2) is 0 Å². The first-order valence-electron chi connectivity index (χ1n) is 9.72. The Hall–Kier alpha value is -2.20. The molecule has 3 heterocycles. The molecule has 27 heavy (non-hydrogen) atoms. The molecule has 1 aromatic carbocycles. The van der Waals surface area contributed by atoms with Gasteiger partial charge in [0.25, 0.3) is 0 Å². The SMILES string of the molecule is C[C@@H]1CN(c2ccc(C#N)c3ncccc23)C[C@H](CN2CCC(O)CC2)O1. The second-order valence-electron chi connectivity index (χ2n) is 7.65. The molecule has 6 nitrogen and oxygen atoms in total. The van der Waals surface area contributed by atoms with E-state index in [0.717, 1.165) is 62.2 Å². The van der Waals surface area contributed by atoms with E-state index in [1.165, 1.54) is 0 Å². The summed E-state index contributed by atoms with van der Waals surface area (Å²) >= 11 is 0. The number of fused-ring (bicyclic) bond motifs is 1. The molecule has 2 aliphatic rings. The lowest BCUT2D eigenvalue weighted by atomic mass is 10.0. The van der Waals surface area contributed by atoms with Gasteiger partial charge >= 0.3 is 0 Å². The zero-order chi connectivity index (χ0) is 18.8. The normalized spacial score (nSPS) is 24.9. The molecule has 2 aliphatic heterocycles. The lowest BCUT2D eigenvalue weighted by molar-refractivity contribution is -0.0397. The van der Waals surface area contributed by atoms with Crippen molar-refractivity contribution in [2.24, 2.45) is 0 Å². The molecule has 2 saturated heterocycles. The Morgan fingerprint density at radius 2 is 2.07 bits per heavy atom. The number of nitrogens with zero attached hydrogens (tertiary/aromatic N) is 4. The largest absolute Gasteiger partial charge is 0.393 e. The smallest absolute Gasteiger partial charge is 0.101 e. The Balaban J connectivity index is 1.55. The standard InChI is InChI=1S/C21H26N4O2/c1-15-12-25(14-18(27-15)13-24-9-6-17(26)7-10-24)20-5-4-16(11-22)21-19(20)3-2-8-23-21/h2-5,8,15,17-18,26H,6-7,9-10,12-14H2,1H3/t15-,18+/m1/s1. The Kier molecular flexibility index (Phi) is 5.26. The monoisotopic (exact) mass is 366 g/mol. The molecule has 0 spiro atoms. The maximum Gasteiger partial charge on any atom is 0.101 e. The summed E-state index contributed by atoms with van der Waals surface area (Å²) in [5.41, 5.74) is 2.49. The number of pyridine rings is 1. The van der Waals surface area contributed by atoms with E-state index in [1.807, 2.05) is 24.3 Å². The summed E-state index contributed by atoms with van der Waals surface area (Å²) in [5.74, 6) is 0. The number of morpholine rings is 1. The van der Waals surface area contributed by atoms with Crippen molar-refractivity contribution in [1.82, 2.24) is 9.88 Å². The maximum atomic E-state index is 9.71. The lowest BCUT2D eigenvalue weighted by Gasteiger charge is -2.41. The van der Waals surface area contributed by atoms with Crippen molar-refractivity contribution in [3.05, 3.63) is 36.0 Å². The summed E-state index contributed by atoms with van der Waals surface area (Å²) in [4.78, 5) is 9.19. The van der Waals surface area contributed by atoms with Gasteiger partial charge in [-0.25, -0.2) is 0 Å². The Morgan fingerprint density at radius 3 is 2.85 bits per heavy atom. The summed E-state index contributed by atoms with van der Waals surface area (Å²) in [7, 11) is 0. The second-order valence-corrected chi connectivity index (χ2v) is 7.65. The Bertz CT molecular complexity index is 842. The van der Waals surface area contributed by atoms with E-state index >= 15 is 0 Å². The Morgan fingerprint density at radius 1 is 1.26 bits per heavy atom. The molecular formula is C21H26N4O2. The van der Waals surface area contributed by atoms with Crippen LogP contribution in [-0.2, 0) is 4.74 Å². The van der Waals surface area contributed by atoms with Gasteiger partial charge in [0.05, 0.1) is 29.4 Å². The van der Waals surface area contributed by atoms with Gasteiger partial charge in [-0.3, -0.25) is 4.98 Å². The number of anilines is 1. The van der Waals surface area contributed by atoms with Gasteiger partial charge in [-0.2, -0.15) is 5.26 Å². The molecule has 1 aromatic heterocycles. The molecule has 6 heteroatoms. The van der Waals surface area contributed by atoms with E-state index in [2.05, 4.69) is 27.8 Å². The maximum absolute atomic E-state index is 9.71. The van der Waals surface area contributed by atoms with Crippen LogP contribution in [0.4, 0.5) is 5.69 Å². The van der Waals surface area contributed by atoms with Crippen LogP contribution in [-0.4, -0.2) is 66.0 Å². The minimum Gasteiger partial charge on any atom is -0.393 e. The molecule has 0 saturated carbocycles. The van der Waals surface area contributed by atoms with Gasteiger partial charge in [0.1, 0.15) is 6.07 Å². The van der Waals surface area contributed by atoms with E-state index in [-0.39, 0.29) is 18.3 Å². The minimum absolute atomic E-state index is 0.131. The molecule has 2 atom stereocenters. The number of aliphatic hydroxyl groups is 1. The Labute approximate surface area is 160 Å². The topological polar surface area (TPSA) is 72.6 Å². The number of aromatic nitrogens is 1. The van der Waals surface area contributed by atoms with Crippen LogP contribution in [0.5, 0.6) is 0 Å². The zero-order valence-corrected chi connectivity index (χ0v) is 15.7. The third kappa shape index (κ3) is 3.91. The summed E-state index contributed by atoms with van der Waals surface area (Å²) in [5, 5.41) is 20.1. The fraction of sp³-hybridized carbons (Fsp3) is 0.524. The molecule has 0 unspecified atom stereocenters. The number of nitriles is 1. The number of likely N-dealkylation sites (tertiary alicyclic amines) is 1. The average Bonchev–Trinajstić information content (AvgIpc) is 2.68. The number of hydrogen-bond acceptors (Lipinski definition) is 6. The molecule has 0 radical (unpaired) electrons. The summed E-state index contributed by atoms with van der Waals surface area (Å²) in [6.07, 6.45) is 3.55. The number of piperidine rings is 1. The summed E-state index contributed by atoms with van der Waals surface area (Å²) < 4.78 is 6.21. The molecule has 0 amide bonds. The fourth-order valence-electron chi connectivity index (χ4n) is 4.26. The van der Waals surface area contributed by atoms with Crippen LogP contribution in [0.2, 0.25) is 0 Å². The first-order valence-corrected chi connectivity index (χ1v) is 9.72. The van der Waals surface area contributed by atoms with Crippen LogP contribution in [0.15, 0.2) is 30.5 Å². The van der Waals surface area contributed by atoms with E-state index in [0.29, 0.717) is 5.56 Å². The minimum atomic E-state index is -0.151. The summed E-state index contributed by atoms with van der Waals surface area (Å²) in [6, 6.07) is 10.1. The number of benzene rings is 1. The van der Waals surface area contributed by atoms with Crippen molar-refractivity contribution in [1.29, 1.82) is 5.26 Å². The number of hydrogen-bond donors (Lipinski definition) is 1. The van der Waals surface area contributed by atoms with Crippen molar-refractivity contribution in [2.45, 2.75) is 38.1 Å². The molecule has 2 aromatic rings. The molecule has 0 bridgehead atoms. The van der Waals surface area contributed by atoms with Crippen LogP contribution < -0.4 is 4.90 Å². The number of ether oxygens (including phenoxy) is 1. The highest BCUT2D eigenvalue weighted by Crippen LogP contribution is 2.30. The van der Waals surface area contributed by atoms with Gasteiger partial charge in [-0.15, -0.1) is 0 Å². The van der Waals surface area contributed by atoms with Crippen LogP contribution in [0.1, 0.15) is 25.3 Å². The van der Waals surface area contributed by atoms with Crippen LogP contribution >= 0.6 is 0 Å². The van der Waals surface area contributed by atoms with Crippen LogP contribution in [0, 0.1) is 11.3 Å². The van der Waals surface area contributed by atoms with Crippen LogP contribution in [0.25, 0.3) is 10.9 Å². The summed E-state index contributed by atoms with van der Waals surface area (Å²) in [6.45, 7) is 6.51.